The first kappa shape index (κ1) is 22.0. The highest BCUT2D eigenvalue weighted by atomic mass is 16.2. The van der Waals surface area contributed by atoms with E-state index in [0.717, 1.165) is 25.8 Å². The fraction of sp³-hybridized carbons (Fsp3) is 0.261. The Morgan fingerprint density at radius 3 is 2.64 bits per heavy atom. The van der Waals surface area contributed by atoms with E-state index in [1.807, 2.05) is 19.2 Å². The maximum Gasteiger partial charge on any atom is 0.269 e. The van der Waals surface area contributed by atoms with Crippen LogP contribution < -0.4 is 16.9 Å². The van der Waals surface area contributed by atoms with Crippen LogP contribution in [0.2, 0.25) is 0 Å². The maximum absolute atomic E-state index is 12.5. The van der Waals surface area contributed by atoms with E-state index in [1.54, 1.807) is 36.4 Å². The molecule has 1 aliphatic rings. The van der Waals surface area contributed by atoms with Crippen molar-refractivity contribution < 1.29 is 9.59 Å². The molecule has 0 aliphatic carbocycles. The van der Waals surface area contributed by atoms with Crippen molar-refractivity contribution in [2.45, 2.75) is 32.2 Å². The van der Waals surface area contributed by atoms with Gasteiger partial charge in [0.1, 0.15) is 5.69 Å². The summed E-state index contributed by atoms with van der Waals surface area (Å²) < 4.78 is 1.30. The Morgan fingerprint density at radius 2 is 1.97 bits per heavy atom. The zero-order chi connectivity index (χ0) is 23.4. The fourth-order valence-electron chi connectivity index (χ4n) is 4.06. The first-order valence-electron chi connectivity index (χ1n) is 10.7. The Hall–Kier alpha value is -4.21. The number of nitrogens with two attached hydrogens (primary N) is 2. The highest BCUT2D eigenvalue weighted by molar-refractivity contribution is 6.04. The molecule has 1 aliphatic heterocycles. The van der Waals surface area contributed by atoms with Crippen molar-refractivity contribution in [1.29, 1.82) is 0 Å². The van der Waals surface area contributed by atoms with Gasteiger partial charge < -0.3 is 21.8 Å². The molecule has 1 fully saturated rings. The topological polar surface area (TPSA) is 145 Å². The van der Waals surface area contributed by atoms with Crippen LogP contribution in [0.1, 0.15) is 58.9 Å². The molecule has 4 rings (SSSR count). The van der Waals surface area contributed by atoms with Gasteiger partial charge in [0.15, 0.2) is 17.3 Å². The largest absolute Gasteiger partial charge is 0.368 e. The van der Waals surface area contributed by atoms with Crippen molar-refractivity contribution >= 4 is 17.6 Å². The summed E-state index contributed by atoms with van der Waals surface area (Å²) in [7, 11) is 0. The van der Waals surface area contributed by atoms with Crippen LogP contribution in [0.15, 0.2) is 54.9 Å². The molecule has 0 bridgehead atoms. The highest BCUT2D eigenvalue weighted by Crippen LogP contribution is 2.33. The second-order valence-electron chi connectivity index (χ2n) is 7.77. The maximum atomic E-state index is 12.5. The molecule has 170 valence electrons. The first-order valence-corrected chi connectivity index (χ1v) is 10.7. The molecule has 0 saturated carbocycles. The minimum atomic E-state index is -0.663. The van der Waals surface area contributed by atoms with E-state index in [1.165, 1.54) is 10.9 Å². The fourth-order valence-corrected chi connectivity index (χ4v) is 4.06. The van der Waals surface area contributed by atoms with E-state index in [4.69, 9.17) is 16.6 Å². The van der Waals surface area contributed by atoms with Crippen LogP contribution in [-0.4, -0.2) is 43.1 Å². The Bertz CT molecular complexity index is 1170. The summed E-state index contributed by atoms with van der Waals surface area (Å²) in [5.74, 6) is 6.27. The van der Waals surface area contributed by atoms with Gasteiger partial charge in [-0.15, -0.1) is 5.10 Å². The number of carbonyl (C=O) groups is 2. The summed E-state index contributed by atoms with van der Waals surface area (Å²) in [6, 6.07) is 10.0. The number of anilines is 1. The first-order chi connectivity index (χ1) is 16.0. The standard InChI is InChI=1S/C23H26N8O2/c1-2-13-30-14-4-3-6-17(30)22-28-19(20(21(24)32)31(22)25)15-8-10-16(11-9-15)23(33)27-18-7-5-12-26-29-18/h2,5,7-13,17H,3-4,6,14,25H2,1H3,(H2,24,32)(H,27,29,33)/t17-/m0/s1. The van der Waals surface area contributed by atoms with Gasteiger partial charge in [-0.25, -0.2) is 9.66 Å². The third-order valence-corrected chi connectivity index (χ3v) is 5.59. The van der Waals surface area contributed by atoms with Gasteiger partial charge in [-0.1, -0.05) is 18.2 Å². The SMILES string of the molecule is CC=CN1CCCC[C@H]1c1nc(-c2ccc(C(=O)Nc3cccnn3)cc2)c(C(N)=O)n1N. The van der Waals surface area contributed by atoms with Gasteiger partial charge in [0, 0.05) is 23.9 Å². The van der Waals surface area contributed by atoms with E-state index < -0.39 is 5.91 Å². The number of imidazole rings is 1. The number of likely N-dealkylation sites (tertiary alicyclic amines) is 1. The third kappa shape index (κ3) is 4.54. The average molecular weight is 447 g/mol. The molecule has 1 aromatic carbocycles. The molecule has 3 aromatic rings. The Kier molecular flexibility index (Phi) is 6.34. The number of nitrogens with zero attached hydrogens (tertiary/aromatic N) is 5. The second-order valence-corrected chi connectivity index (χ2v) is 7.77. The number of carbonyl (C=O) groups excluding carboxylic acids is 2. The monoisotopic (exact) mass is 446 g/mol. The molecule has 10 heteroatoms. The van der Waals surface area contributed by atoms with E-state index in [9.17, 15) is 9.59 Å². The van der Waals surface area contributed by atoms with Gasteiger partial charge in [0.2, 0.25) is 0 Å². The molecule has 5 N–H and O–H groups in total. The molecule has 2 amide bonds. The van der Waals surface area contributed by atoms with Crippen LogP contribution in [-0.2, 0) is 0 Å². The molecular weight excluding hydrogens is 420 g/mol. The van der Waals surface area contributed by atoms with E-state index in [0.29, 0.717) is 28.5 Å². The van der Waals surface area contributed by atoms with Crippen molar-refractivity contribution in [3.05, 3.63) is 72.0 Å². The average Bonchev–Trinajstić information content (AvgIpc) is 3.17. The molecule has 2 aromatic heterocycles. The Morgan fingerprint density at radius 1 is 1.18 bits per heavy atom. The molecule has 33 heavy (non-hydrogen) atoms. The number of nitrogens with one attached hydrogen (secondary N) is 1. The lowest BCUT2D eigenvalue weighted by molar-refractivity contribution is 0.0990. The molecule has 1 saturated heterocycles. The molecule has 10 nitrogen and oxygen atoms in total. The van der Waals surface area contributed by atoms with Gasteiger partial charge >= 0.3 is 0 Å². The number of amides is 2. The van der Waals surface area contributed by atoms with Gasteiger partial charge in [0.05, 0.1) is 6.04 Å². The van der Waals surface area contributed by atoms with Crippen LogP contribution in [0.3, 0.4) is 0 Å². The van der Waals surface area contributed by atoms with Crippen LogP contribution in [0.4, 0.5) is 5.82 Å². The zero-order valence-corrected chi connectivity index (χ0v) is 18.3. The number of hydrogen-bond acceptors (Lipinski definition) is 7. The lowest BCUT2D eigenvalue weighted by Crippen LogP contribution is -2.33. The Balaban J connectivity index is 1.65. The number of nitrogen functional groups attached to an aromatic ring is 1. The van der Waals surface area contributed by atoms with Crippen LogP contribution in [0, 0.1) is 0 Å². The molecule has 0 radical (unpaired) electrons. The lowest BCUT2D eigenvalue weighted by atomic mass is 10.0. The number of primary amides is 1. The molecule has 0 spiro atoms. The van der Waals surface area contributed by atoms with Crippen LogP contribution >= 0.6 is 0 Å². The summed E-state index contributed by atoms with van der Waals surface area (Å²) in [6.07, 6.45) is 8.52. The number of allylic oxidation sites excluding steroid dienone is 1. The smallest absolute Gasteiger partial charge is 0.269 e. The zero-order valence-electron chi connectivity index (χ0n) is 18.3. The van der Waals surface area contributed by atoms with Crippen LogP contribution in [0.5, 0.6) is 0 Å². The van der Waals surface area contributed by atoms with Gasteiger partial charge in [0.25, 0.3) is 11.8 Å². The lowest BCUT2D eigenvalue weighted by Gasteiger charge is -2.34. The van der Waals surface area contributed by atoms with Gasteiger partial charge in [-0.3, -0.25) is 9.59 Å². The minimum absolute atomic E-state index is 0.0520. The molecule has 1 atom stereocenters. The van der Waals surface area contributed by atoms with E-state index >= 15 is 0 Å². The predicted octanol–water partition coefficient (Wildman–Crippen LogP) is 2.47. The molecule has 0 unspecified atom stereocenters. The Labute approximate surface area is 191 Å². The molecular formula is C23H26N8O2. The van der Waals surface area contributed by atoms with Crippen molar-refractivity contribution in [3.63, 3.8) is 0 Å². The van der Waals surface area contributed by atoms with E-state index in [-0.39, 0.29) is 17.6 Å². The summed E-state index contributed by atoms with van der Waals surface area (Å²) in [6.45, 7) is 2.85. The third-order valence-electron chi connectivity index (χ3n) is 5.59. The summed E-state index contributed by atoms with van der Waals surface area (Å²) in [4.78, 5) is 31.7. The summed E-state index contributed by atoms with van der Waals surface area (Å²) >= 11 is 0. The number of benzene rings is 1. The number of hydrogen-bond donors (Lipinski definition) is 3. The van der Waals surface area contributed by atoms with Gasteiger partial charge in [-0.2, -0.15) is 5.10 Å². The summed E-state index contributed by atoms with van der Waals surface area (Å²) in [5, 5.41) is 10.3. The number of rotatable bonds is 6. The summed E-state index contributed by atoms with van der Waals surface area (Å²) in [5.41, 5.74) is 7.25. The quantitative estimate of drug-likeness (QED) is 0.493. The van der Waals surface area contributed by atoms with Crippen molar-refractivity contribution in [2.75, 3.05) is 17.7 Å². The van der Waals surface area contributed by atoms with Crippen molar-refractivity contribution in [3.8, 4) is 11.3 Å². The van der Waals surface area contributed by atoms with Crippen LogP contribution in [0.25, 0.3) is 11.3 Å². The number of aromatic nitrogens is 4. The van der Waals surface area contributed by atoms with Gasteiger partial charge in [-0.05, 0) is 56.7 Å². The van der Waals surface area contributed by atoms with Crippen molar-refractivity contribution in [2.24, 2.45) is 5.73 Å². The minimum Gasteiger partial charge on any atom is -0.368 e. The predicted molar refractivity (Wildman–Crippen MR) is 124 cm³/mol. The molecule has 3 heterocycles. The second kappa shape index (κ2) is 9.51. The van der Waals surface area contributed by atoms with Crippen molar-refractivity contribution in [1.82, 2.24) is 24.8 Å². The normalized spacial score (nSPS) is 16.2. The number of piperidine rings is 1. The van der Waals surface area contributed by atoms with E-state index in [2.05, 4.69) is 20.4 Å². The highest BCUT2D eigenvalue weighted by Gasteiger charge is 2.30.